The fourth-order valence-electron chi connectivity index (χ4n) is 1.45. The van der Waals surface area contributed by atoms with E-state index in [1.807, 2.05) is 6.26 Å². The molecular formula is C12H18ClN3OS. The Morgan fingerprint density at radius 2 is 2.22 bits per heavy atom. The van der Waals surface area contributed by atoms with Crippen molar-refractivity contribution in [2.75, 3.05) is 12.8 Å². The summed E-state index contributed by atoms with van der Waals surface area (Å²) in [6.45, 7) is 2.82. The summed E-state index contributed by atoms with van der Waals surface area (Å²) in [5, 5.41) is 3.67. The van der Waals surface area contributed by atoms with Crippen LogP contribution < -0.4 is 5.32 Å². The lowest BCUT2D eigenvalue weighted by molar-refractivity contribution is 0.0947. The number of thioether (sulfide) groups is 1. The number of nitrogens with zero attached hydrogens (tertiary/aromatic N) is 2. The molecule has 1 aromatic rings. The number of aromatic nitrogens is 2. The molecule has 0 spiro atoms. The molecular weight excluding hydrogens is 270 g/mol. The molecule has 0 aliphatic carbocycles. The van der Waals surface area contributed by atoms with E-state index in [1.165, 1.54) is 30.8 Å². The molecule has 0 saturated carbocycles. The van der Waals surface area contributed by atoms with Crippen LogP contribution in [0, 0.1) is 0 Å². The molecule has 0 aromatic carbocycles. The molecule has 0 atom stereocenters. The first-order valence-electron chi connectivity index (χ1n) is 6.03. The van der Waals surface area contributed by atoms with Crippen LogP contribution in [0.5, 0.6) is 0 Å². The van der Waals surface area contributed by atoms with E-state index in [1.54, 1.807) is 0 Å². The second kappa shape index (κ2) is 8.32. The van der Waals surface area contributed by atoms with Gasteiger partial charge in [0.05, 0.1) is 11.2 Å². The molecule has 4 nitrogen and oxygen atoms in total. The number of hydrogen-bond donors (Lipinski definition) is 1. The Morgan fingerprint density at radius 3 is 2.89 bits per heavy atom. The highest BCUT2D eigenvalue weighted by Gasteiger charge is 2.13. The molecule has 100 valence electrons. The molecule has 1 amide bonds. The van der Waals surface area contributed by atoms with Crippen LogP contribution in [-0.2, 0) is 0 Å². The Labute approximate surface area is 117 Å². The van der Waals surface area contributed by atoms with Gasteiger partial charge in [-0.15, -0.1) is 0 Å². The van der Waals surface area contributed by atoms with Gasteiger partial charge in [0.1, 0.15) is 0 Å². The molecule has 1 heterocycles. The largest absolute Gasteiger partial charge is 0.351 e. The average molecular weight is 288 g/mol. The van der Waals surface area contributed by atoms with Gasteiger partial charge in [-0.1, -0.05) is 49.5 Å². The van der Waals surface area contributed by atoms with Crippen molar-refractivity contribution in [3.8, 4) is 0 Å². The van der Waals surface area contributed by atoms with Crippen molar-refractivity contribution < 1.29 is 4.79 Å². The summed E-state index contributed by atoms with van der Waals surface area (Å²) in [6, 6.07) is 0. The molecule has 0 unspecified atom stereocenters. The van der Waals surface area contributed by atoms with E-state index < -0.39 is 0 Å². The monoisotopic (exact) mass is 287 g/mol. The predicted octanol–water partition coefficient (Wildman–Crippen LogP) is 3.16. The summed E-state index contributed by atoms with van der Waals surface area (Å²) >= 11 is 7.30. The highest BCUT2D eigenvalue weighted by molar-refractivity contribution is 7.98. The van der Waals surface area contributed by atoms with Crippen molar-refractivity contribution in [2.45, 2.75) is 37.8 Å². The van der Waals surface area contributed by atoms with Gasteiger partial charge in [0.25, 0.3) is 5.91 Å². The number of halogens is 1. The van der Waals surface area contributed by atoms with Crippen molar-refractivity contribution in [1.82, 2.24) is 15.3 Å². The third kappa shape index (κ3) is 4.82. The smallest absolute Gasteiger partial charge is 0.271 e. The quantitative estimate of drug-likeness (QED) is 0.475. The lowest BCUT2D eigenvalue weighted by atomic mass is 10.2. The minimum Gasteiger partial charge on any atom is -0.351 e. The molecule has 0 aliphatic rings. The van der Waals surface area contributed by atoms with Gasteiger partial charge in [0.15, 0.2) is 10.9 Å². The van der Waals surface area contributed by atoms with E-state index in [-0.39, 0.29) is 11.6 Å². The molecule has 1 aromatic heterocycles. The Morgan fingerprint density at radius 1 is 1.44 bits per heavy atom. The van der Waals surface area contributed by atoms with Crippen molar-refractivity contribution >= 4 is 29.3 Å². The van der Waals surface area contributed by atoms with E-state index >= 15 is 0 Å². The summed E-state index contributed by atoms with van der Waals surface area (Å²) in [6.07, 6.45) is 7.81. The second-order valence-electron chi connectivity index (χ2n) is 3.87. The fourth-order valence-corrected chi connectivity index (χ4v) is 1.96. The van der Waals surface area contributed by atoms with E-state index in [4.69, 9.17) is 11.6 Å². The lowest BCUT2D eigenvalue weighted by Gasteiger charge is -2.06. The normalized spacial score (nSPS) is 10.4. The first-order chi connectivity index (χ1) is 8.69. The maximum Gasteiger partial charge on any atom is 0.271 e. The minimum absolute atomic E-state index is 0.228. The Balaban J connectivity index is 2.50. The molecule has 0 radical (unpaired) electrons. The van der Waals surface area contributed by atoms with E-state index in [2.05, 4.69) is 22.2 Å². The maximum atomic E-state index is 11.9. The number of amides is 1. The van der Waals surface area contributed by atoms with E-state index in [0.717, 1.165) is 12.8 Å². The third-order valence-electron chi connectivity index (χ3n) is 2.44. The average Bonchev–Trinajstić information content (AvgIpc) is 2.39. The maximum absolute atomic E-state index is 11.9. The van der Waals surface area contributed by atoms with Crippen molar-refractivity contribution in [3.05, 3.63) is 16.9 Å². The van der Waals surface area contributed by atoms with Crippen LogP contribution in [-0.4, -0.2) is 28.7 Å². The van der Waals surface area contributed by atoms with Crippen LogP contribution in [0.4, 0.5) is 0 Å². The zero-order valence-corrected chi connectivity index (χ0v) is 12.3. The summed E-state index contributed by atoms with van der Waals surface area (Å²) in [5.74, 6) is -0.228. The number of rotatable bonds is 7. The molecule has 1 N–H and O–H groups in total. The zero-order valence-electron chi connectivity index (χ0n) is 10.7. The van der Waals surface area contributed by atoms with Gasteiger partial charge in [-0.25, -0.2) is 9.97 Å². The van der Waals surface area contributed by atoms with Crippen LogP contribution in [0.1, 0.15) is 43.1 Å². The molecule has 0 bridgehead atoms. The van der Waals surface area contributed by atoms with E-state index in [0.29, 0.717) is 16.7 Å². The predicted molar refractivity (Wildman–Crippen MR) is 75.3 cm³/mol. The van der Waals surface area contributed by atoms with Crippen LogP contribution in [0.25, 0.3) is 0 Å². The second-order valence-corrected chi connectivity index (χ2v) is 5.05. The molecule has 0 fully saturated rings. The van der Waals surface area contributed by atoms with Crippen LogP contribution in [0.2, 0.25) is 5.02 Å². The lowest BCUT2D eigenvalue weighted by Crippen LogP contribution is -2.26. The number of nitrogens with one attached hydrogen (secondary N) is 1. The summed E-state index contributed by atoms with van der Waals surface area (Å²) in [5.41, 5.74) is 0.256. The Bertz CT molecular complexity index is 401. The number of unbranched alkanes of at least 4 members (excludes halogenated alkanes) is 3. The topological polar surface area (TPSA) is 54.9 Å². The van der Waals surface area contributed by atoms with Gasteiger partial charge in [-0.2, -0.15) is 0 Å². The van der Waals surface area contributed by atoms with Gasteiger partial charge < -0.3 is 5.32 Å². The van der Waals surface area contributed by atoms with Gasteiger partial charge in [0.2, 0.25) is 0 Å². The summed E-state index contributed by atoms with van der Waals surface area (Å²) < 4.78 is 0. The Hall–Kier alpha value is -0.810. The van der Waals surface area contributed by atoms with Crippen molar-refractivity contribution in [2.24, 2.45) is 0 Å². The summed E-state index contributed by atoms with van der Waals surface area (Å²) in [7, 11) is 0. The molecule has 6 heteroatoms. The van der Waals surface area contributed by atoms with Gasteiger partial charge in [-0.05, 0) is 12.7 Å². The molecule has 1 rings (SSSR count). The Kier molecular flexibility index (Phi) is 7.05. The number of carbonyl (C=O) groups is 1. The van der Waals surface area contributed by atoms with Gasteiger partial charge in [0, 0.05) is 6.54 Å². The molecule has 18 heavy (non-hydrogen) atoms. The molecule has 0 aliphatic heterocycles. The van der Waals surface area contributed by atoms with Crippen molar-refractivity contribution in [3.63, 3.8) is 0 Å². The van der Waals surface area contributed by atoms with Gasteiger partial charge >= 0.3 is 0 Å². The highest BCUT2D eigenvalue weighted by atomic mass is 35.5. The highest BCUT2D eigenvalue weighted by Crippen LogP contribution is 2.16. The minimum atomic E-state index is -0.228. The van der Waals surface area contributed by atoms with Crippen LogP contribution in [0.15, 0.2) is 11.4 Å². The fraction of sp³-hybridized carbons (Fsp3) is 0.583. The van der Waals surface area contributed by atoms with Crippen LogP contribution in [0.3, 0.4) is 0 Å². The first-order valence-corrected chi connectivity index (χ1v) is 7.64. The standard InChI is InChI=1S/C12H18ClN3OS/c1-3-4-5-6-7-14-11(17)10-9(13)8-15-12(16-10)18-2/h8H,3-7H2,1-2H3,(H,14,17). The van der Waals surface area contributed by atoms with Crippen LogP contribution >= 0.6 is 23.4 Å². The zero-order chi connectivity index (χ0) is 13.4. The number of hydrogen-bond acceptors (Lipinski definition) is 4. The molecule has 0 saturated heterocycles. The SMILES string of the molecule is CCCCCCNC(=O)c1nc(SC)ncc1Cl. The summed E-state index contributed by atoms with van der Waals surface area (Å²) in [4.78, 5) is 20.0. The third-order valence-corrected chi connectivity index (χ3v) is 3.27. The number of carbonyl (C=O) groups excluding carboxylic acids is 1. The van der Waals surface area contributed by atoms with Crippen molar-refractivity contribution in [1.29, 1.82) is 0 Å². The van der Waals surface area contributed by atoms with Gasteiger partial charge in [-0.3, -0.25) is 4.79 Å². The van der Waals surface area contributed by atoms with E-state index in [9.17, 15) is 4.79 Å². The first kappa shape index (κ1) is 15.2.